The number of thiophene rings is 1. The van der Waals surface area contributed by atoms with Crippen LogP contribution in [0.3, 0.4) is 0 Å². The number of fused-ring (bicyclic) bond motifs is 4. The standard InChI is InChI=1S/C40H27NS/c1-4-12-28(13-5-1)37-24-29-14-10-11-15-30(29)25-38(37)31-20-22-35-36-23-21-34(27-40(36)42-39(35)26-31)41(32-16-6-2-7-17-32)33-18-8-3-9-19-33/h1-27H. The molecule has 1 aromatic heterocycles. The molecule has 0 aliphatic heterocycles. The minimum atomic E-state index is 1.15. The van der Waals surface area contributed by atoms with E-state index in [9.17, 15) is 0 Å². The number of anilines is 3. The van der Waals surface area contributed by atoms with E-state index in [1.807, 2.05) is 11.3 Å². The smallest absolute Gasteiger partial charge is 0.0476 e. The molecule has 0 bridgehead atoms. The van der Waals surface area contributed by atoms with Gasteiger partial charge < -0.3 is 4.90 Å². The van der Waals surface area contributed by atoms with Crippen LogP contribution in [-0.4, -0.2) is 0 Å². The van der Waals surface area contributed by atoms with Crippen LogP contribution in [0, 0.1) is 0 Å². The summed E-state index contributed by atoms with van der Waals surface area (Å²) in [6, 6.07) is 59.1. The van der Waals surface area contributed by atoms with Crippen LogP contribution in [0.4, 0.5) is 17.1 Å². The summed E-state index contributed by atoms with van der Waals surface area (Å²) in [4.78, 5) is 2.33. The van der Waals surface area contributed by atoms with Crippen LogP contribution in [0.5, 0.6) is 0 Å². The minimum absolute atomic E-state index is 1.15. The van der Waals surface area contributed by atoms with Crippen molar-refractivity contribution in [1.82, 2.24) is 0 Å². The molecule has 0 spiro atoms. The van der Waals surface area contributed by atoms with E-state index in [1.165, 1.54) is 53.2 Å². The highest BCUT2D eigenvalue weighted by molar-refractivity contribution is 7.25. The molecule has 198 valence electrons. The second-order valence-corrected chi connectivity index (χ2v) is 11.7. The van der Waals surface area contributed by atoms with Crippen LogP contribution in [0.1, 0.15) is 0 Å². The average molecular weight is 554 g/mol. The zero-order valence-electron chi connectivity index (χ0n) is 22.9. The maximum absolute atomic E-state index is 2.38. The third kappa shape index (κ3) is 4.34. The Labute approximate surface area is 249 Å². The van der Waals surface area contributed by atoms with Gasteiger partial charge in [-0.3, -0.25) is 0 Å². The molecule has 0 fully saturated rings. The molecule has 0 radical (unpaired) electrons. The topological polar surface area (TPSA) is 3.24 Å². The number of hydrogen-bond acceptors (Lipinski definition) is 2. The molecule has 7 aromatic carbocycles. The fourth-order valence-electron chi connectivity index (χ4n) is 6.01. The summed E-state index contributed by atoms with van der Waals surface area (Å²) in [5.74, 6) is 0. The van der Waals surface area contributed by atoms with E-state index in [4.69, 9.17) is 0 Å². The fraction of sp³-hybridized carbons (Fsp3) is 0. The van der Waals surface area contributed by atoms with Gasteiger partial charge in [-0.25, -0.2) is 0 Å². The van der Waals surface area contributed by atoms with Crippen LogP contribution in [-0.2, 0) is 0 Å². The maximum atomic E-state index is 2.38. The summed E-state index contributed by atoms with van der Waals surface area (Å²) in [6.07, 6.45) is 0. The van der Waals surface area contributed by atoms with E-state index in [0.29, 0.717) is 0 Å². The molecule has 0 saturated carbocycles. The lowest BCUT2D eigenvalue weighted by atomic mass is 9.91. The van der Waals surface area contributed by atoms with E-state index in [2.05, 4.69) is 169 Å². The highest BCUT2D eigenvalue weighted by Gasteiger charge is 2.16. The Bertz CT molecular complexity index is 2140. The van der Waals surface area contributed by atoms with Crippen molar-refractivity contribution in [2.45, 2.75) is 0 Å². The Morgan fingerprint density at radius 1 is 0.357 bits per heavy atom. The van der Waals surface area contributed by atoms with Crippen molar-refractivity contribution < 1.29 is 0 Å². The number of benzene rings is 7. The van der Waals surface area contributed by atoms with Crippen molar-refractivity contribution in [3.63, 3.8) is 0 Å². The van der Waals surface area contributed by atoms with Gasteiger partial charge in [-0.1, -0.05) is 109 Å². The lowest BCUT2D eigenvalue weighted by Crippen LogP contribution is -2.09. The van der Waals surface area contributed by atoms with Gasteiger partial charge in [0.1, 0.15) is 0 Å². The second kappa shape index (κ2) is 10.3. The van der Waals surface area contributed by atoms with E-state index in [0.717, 1.165) is 17.1 Å². The zero-order valence-corrected chi connectivity index (χ0v) is 23.8. The molecule has 2 heteroatoms. The number of rotatable bonds is 5. The molecule has 0 aliphatic carbocycles. The monoisotopic (exact) mass is 553 g/mol. The summed E-state index contributed by atoms with van der Waals surface area (Å²) in [6.45, 7) is 0. The van der Waals surface area contributed by atoms with Crippen molar-refractivity contribution in [3.8, 4) is 22.3 Å². The molecule has 1 heterocycles. The molecule has 0 aliphatic rings. The first-order valence-electron chi connectivity index (χ1n) is 14.3. The molecule has 0 amide bonds. The summed E-state index contributed by atoms with van der Waals surface area (Å²) in [5.41, 5.74) is 8.47. The van der Waals surface area contributed by atoms with Crippen molar-refractivity contribution in [2.75, 3.05) is 4.90 Å². The summed E-state index contributed by atoms with van der Waals surface area (Å²) < 4.78 is 2.59. The Morgan fingerprint density at radius 2 is 0.857 bits per heavy atom. The van der Waals surface area contributed by atoms with E-state index >= 15 is 0 Å². The summed E-state index contributed by atoms with van der Waals surface area (Å²) in [5, 5.41) is 5.12. The summed E-state index contributed by atoms with van der Waals surface area (Å²) >= 11 is 1.87. The van der Waals surface area contributed by atoms with Gasteiger partial charge in [0, 0.05) is 37.2 Å². The Morgan fingerprint density at radius 3 is 1.48 bits per heavy atom. The second-order valence-electron chi connectivity index (χ2n) is 10.6. The average Bonchev–Trinajstić information content (AvgIpc) is 3.43. The fourth-order valence-corrected chi connectivity index (χ4v) is 7.19. The first kappa shape index (κ1) is 24.6. The van der Waals surface area contributed by atoms with Crippen LogP contribution in [0.25, 0.3) is 53.2 Å². The molecule has 0 atom stereocenters. The van der Waals surface area contributed by atoms with Gasteiger partial charge in [0.2, 0.25) is 0 Å². The molecule has 8 aromatic rings. The number of para-hydroxylation sites is 2. The van der Waals surface area contributed by atoms with Crippen LogP contribution in [0.15, 0.2) is 164 Å². The van der Waals surface area contributed by atoms with Gasteiger partial charge in [-0.05, 0) is 87.6 Å². The van der Waals surface area contributed by atoms with Crippen molar-refractivity contribution >= 4 is 59.3 Å². The third-order valence-corrected chi connectivity index (χ3v) is 9.14. The van der Waals surface area contributed by atoms with E-state index < -0.39 is 0 Å². The minimum Gasteiger partial charge on any atom is -0.310 e. The molecular formula is C40H27NS. The van der Waals surface area contributed by atoms with Gasteiger partial charge in [0.15, 0.2) is 0 Å². The highest BCUT2D eigenvalue weighted by atomic mass is 32.1. The number of hydrogen-bond donors (Lipinski definition) is 0. The third-order valence-electron chi connectivity index (χ3n) is 8.03. The predicted octanol–water partition coefficient (Wildman–Crippen LogP) is 12.0. The molecule has 0 N–H and O–H groups in total. The lowest BCUT2D eigenvalue weighted by molar-refractivity contribution is 1.29. The SMILES string of the molecule is c1ccc(-c2cc3ccccc3cc2-c2ccc3c(c2)sc2cc(N(c4ccccc4)c4ccccc4)ccc23)cc1. The predicted molar refractivity (Wildman–Crippen MR) is 182 cm³/mol. The summed E-state index contributed by atoms with van der Waals surface area (Å²) in [7, 11) is 0. The van der Waals surface area contributed by atoms with Gasteiger partial charge in [-0.2, -0.15) is 0 Å². The Kier molecular flexibility index (Phi) is 6.05. The van der Waals surface area contributed by atoms with Crippen LogP contribution in [0.2, 0.25) is 0 Å². The van der Waals surface area contributed by atoms with Crippen molar-refractivity contribution in [2.24, 2.45) is 0 Å². The number of nitrogens with zero attached hydrogens (tertiary/aromatic N) is 1. The molecular weight excluding hydrogens is 527 g/mol. The van der Waals surface area contributed by atoms with Gasteiger partial charge in [0.25, 0.3) is 0 Å². The van der Waals surface area contributed by atoms with Crippen LogP contribution >= 0.6 is 11.3 Å². The largest absolute Gasteiger partial charge is 0.310 e. The van der Waals surface area contributed by atoms with Crippen molar-refractivity contribution in [1.29, 1.82) is 0 Å². The molecule has 1 nitrogen and oxygen atoms in total. The zero-order chi connectivity index (χ0) is 27.9. The first-order chi connectivity index (χ1) is 20.8. The Hall–Kier alpha value is -5.18. The van der Waals surface area contributed by atoms with Gasteiger partial charge in [0.05, 0.1) is 0 Å². The quantitative estimate of drug-likeness (QED) is 0.205. The Balaban J connectivity index is 1.28. The van der Waals surface area contributed by atoms with Gasteiger partial charge in [-0.15, -0.1) is 11.3 Å². The molecule has 42 heavy (non-hydrogen) atoms. The lowest BCUT2D eigenvalue weighted by Gasteiger charge is -2.25. The molecule has 0 unspecified atom stereocenters. The molecule has 8 rings (SSSR count). The van der Waals surface area contributed by atoms with Crippen molar-refractivity contribution in [3.05, 3.63) is 164 Å². The maximum Gasteiger partial charge on any atom is 0.0476 e. The highest BCUT2D eigenvalue weighted by Crippen LogP contribution is 2.43. The first-order valence-corrected chi connectivity index (χ1v) is 15.1. The van der Waals surface area contributed by atoms with Gasteiger partial charge >= 0.3 is 0 Å². The van der Waals surface area contributed by atoms with E-state index in [1.54, 1.807) is 0 Å². The van der Waals surface area contributed by atoms with E-state index in [-0.39, 0.29) is 0 Å². The molecule has 0 saturated heterocycles. The van der Waals surface area contributed by atoms with Crippen LogP contribution < -0.4 is 4.90 Å². The normalized spacial score (nSPS) is 11.3.